The fourth-order valence-corrected chi connectivity index (χ4v) is 6.37. The molecule has 0 saturated carbocycles. The van der Waals surface area contributed by atoms with Gasteiger partial charge in [-0.25, -0.2) is 14.4 Å². The van der Waals surface area contributed by atoms with Crippen LogP contribution in [-0.2, 0) is 43.0 Å². The topological polar surface area (TPSA) is 284 Å². The van der Waals surface area contributed by atoms with Crippen LogP contribution in [0.5, 0.6) is 0 Å². The number of nitrogens with two attached hydrogens (primary N) is 1. The van der Waals surface area contributed by atoms with Crippen molar-refractivity contribution < 1.29 is 62.8 Å². The number of carboxylic acid groups (broad SMARTS) is 2. The van der Waals surface area contributed by atoms with Crippen LogP contribution in [0.15, 0.2) is 35.5 Å². The Hall–Kier alpha value is -4.70. The third-order valence-corrected chi connectivity index (χ3v) is 9.00. The quantitative estimate of drug-likeness (QED) is 0.0570. The van der Waals surface area contributed by atoms with Crippen LogP contribution in [0.25, 0.3) is 0 Å². The summed E-state index contributed by atoms with van der Waals surface area (Å²) < 4.78 is 9.68. The molecule has 270 valence electrons. The Kier molecular flexibility index (Phi) is 14.0. The van der Waals surface area contributed by atoms with Crippen LogP contribution in [-0.4, -0.2) is 164 Å². The van der Waals surface area contributed by atoms with E-state index >= 15 is 0 Å². The summed E-state index contributed by atoms with van der Waals surface area (Å²) >= 11 is 1.11. The summed E-state index contributed by atoms with van der Waals surface area (Å²) in [4.78, 5) is 114. The van der Waals surface area contributed by atoms with Crippen LogP contribution in [0.2, 0.25) is 0 Å². The summed E-state index contributed by atoms with van der Waals surface area (Å²) in [5.41, 5.74) is 5.35. The SMILES string of the molecule is CCN1CCN(C(=O)N[C@H](C(=O)N[C@@H]2C(=O)N3C(C(=O)O)=C(COC(C)=O)CS[C@H]23)c2ccc(NC(=O)OC[C@@H](N)C(=O)O)cc2)C(=O)C1=O.[NaH]. The van der Waals surface area contributed by atoms with Gasteiger partial charge in [-0.3, -0.25) is 43.9 Å². The Balaban J connectivity index is 0.00000702. The van der Waals surface area contributed by atoms with Gasteiger partial charge in [-0.1, -0.05) is 12.1 Å². The van der Waals surface area contributed by atoms with Crippen molar-refractivity contribution in [2.45, 2.75) is 37.3 Å². The molecule has 2 fully saturated rings. The van der Waals surface area contributed by atoms with Crippen molar-refractivity contribution in [3.05, 3.63) is 41.1 Å². The van der Waals surface area contributed by atoms with Gasteiger partial charge in [0, 0.05) is 43.6 Å². The van der Waals surface area contributed by atoms with Gasteiger partial charge in [-0.15, -0.1) is 11.8 Å². The van der Waals surface area contributed by atoms with Gasteiger partial charge in [0.15, 0.2) is 0 Å². The second kappa shape index (κ2) is 17.5. The molecular weight excluding hydrogens is 709 g/mol. The van der Waals surface area contributed by atoms with Crippen molar-refractivity contribution in [2.75, 3.05) is 43.9 Å². The molecule has 1 aromatic carbocycles. The molecule has 0 bridgehead atoms. The number of piperazine rings is 1. The maximum atomic E-state index is 13.7. The minimum absolute atomic E-state index is 0. The van der Waals surface area contributed by atoms with Crippen LogP contribution in [0.3, 0.4) is 0 Å². The zero-order valence-electron chi connectivity index (χ0n) is 26.6. The van der Waals surface area contributed by atoms with Gasteiger partial charge in [0.25, 0.3) is 5.91 Å². The number of aliphatic carboxylic acids is 2. The van der Waals surface area contributed by atoms with Crippen LogP contribution in [0.4, 0.5) is 15.3 Å². The third-order valence-electron chi connectivity index (χ3n) is 7.66. The summed E-state index contributed by atoms with van der Waals surface area (Å²) in [6.07, 6.45) is -1.03. The number of carboxylic acids is 2. The van der Waals surface area contributed by atoms with Crippen molar-refractivity contribution in [1.82, 2.24) is 25.3 Å². The molecular formula is C29H34N7NaO13S. The number of carbonyl (C=O) groups excluding carboxylic acids is 7. The van der Waals surface area contributed by atoms with E-state index in [1.807, 2.05) is 0 Å². The second-order valence-electron chi connectivity index (χ2n) is 10.9. The van der Waals surface area contributed by atoms with E-state index in [1.54, 1.807) is 6.92 Å². The van der Waals surface area contributed by atoms with Gasteiger partial charge in [-0.05, 0) is 24.6 Å². The van der Waals surface area contributed by atoms with Gasteiger partial charge in [0.2, 0.25) is 5.91 Å². The van der Waals surface area contributed by atoms with Gasteiger partial charge in [0.05, 0.1) is 0 Å². The first-order chi connectivity index (χ1) is 23.6. The molecule has 0 aromatic heterocycles. The summed E-state index contributed by atoms with van der Waals surface area (Å²) in [5, 5.41) is 25.1. The molecule has 3 aliphatic rings. The van der Waals surface area contributed by atoms with E-state index < -0.39 is 83.8 Å². The number of amides is 7. The molecule has 0 aliphatic carbocycles. The maximum absolute atomic E-state index is 13.7. The summed E-state index contributed by atoms with van der Waals surface area (Å²) in [6, 6.07) is -0.0692. The zero-order valence-corrected chi connectivity index (χ0v) is 27.4. The monoisotopic (exact) mass is 743 g/mol. The molecule has 3 heterocycles. The number of β-lactam (4-membered cyclic amide) rings is 1. The number of thioether (sulfide) groups is 1. The normalized spacial score (nSPS) is 19.4. The number of carbonyl (C=O) groups is 9. The number of likely N-dealkylation sites (N-methyl/N-ethyl adjacent to an activating group) is 1. The molecule has 7 amide bonds. The molecule has 3 aliphatic heterocycles. The van der Waals surface area contributed by atoms with Crippen LogP contribution in [0, 0.1) is 0 Å². The number of hydrogen-bond acceptors (Lipinski definition) is 13. The molecule has 2 saturated heterocycles. The summed E-state index contributed by atoms with van der Waals surface area (Å²) in [6.45, 7) is 1.97. The Bertz CT molecular complexity index is 1660. The number of urea groups is 1. The molecule has 0 spiro atoms. The summed E-state index contributed by atoms with van der Waals surface area (Å²) in [5.74, 6) is -7.14. The van der Waals surface area contributed by atoms with E-state index in [2.05, 4.69) is 16.0 Å². The van der Waals surface area contributed by atoms with E-state index in [4.69, 9.17) is 20.3 Å². The van der Waals surface area contributed by atoms with Gasteiger partial charge < -0.3 is 41.0 Å². The predicted molar refractivity (Wildman–Crippen MR) is 176 cm³/mol. The standard InChI is InChI=1S/C29H33N7O13S.Na.H/c1-3-34-8-9-35(24(41)23(34)40)28(46)33-18(14-4-6-16(7-5-14)31-29(47)49-11-17(30)26(42)43)21(38)32-19-22(39)36-20(27(44)45)15(10-48-13(2)37)12-50-25(19)36;;/h4-7,17-19,25H,3,8-12,30H2,1-2H3,(H,31,47)(H,32,38)(H,33,46)(H,42,43)(H,44,45);;/t17-,18+,19-,25-;;/m1../s1. The van der Waals surface area contributed by atoms with E-state index in [9.17, 15) is 48.3 Å². The van der Waals surface area contributed by atoms with E-state index in [1.165, 1.54) is 29.2 Å². The number of nitrogens with one attached hydrogen (secondary N) is 3. The van der Waals surface area contributed by atoms with Crippen LogP contribution >= 0.6 is 11.8 Å². The third kappa shape index (κ3) is 9.35. The number of ether oxygens (including phenoxy) is 2. The molecule has 4 rings (SSSR count). The minimum atomic E-state index is -1.58. The Morgan fingerprint density at radius 3 is 2.27 bits per heavy atom. The fourth-order valence-electron chi connectivity index (χ4n) is 5.04. The van der Waals surface area contributed by atoms with Crippen LogP contribution < -0.4 is 21.7 Å². The van der Waals surface area contributed by atoms with Gasteiger partial charge >= 0.3 is 71.4 Å². The molecule has 22 heteroatoms. The van der Waals surface area contributed by atoms with Crippen molar-refractivity contribution in [3.63, 3.8) is 0 Å². The first kappa shape index (κ1) is 40.7. The molecule has 0 unspecified atom stereocenters. The summed E-state index contributed by atoms with van der Waals surface area (Å²) in [7, 11) is 0. The number of rotatable bonds is 12. The first-order valence-corrected chi connectivity index (χ1v) is 16.0. The fraction of sp³-hybridized carbons (Fsp3) is 0.414. The van der Waals surface area contributed by atoms with Gasteiger partial charge in [0.1, 0.15) is 42.4 Å². The molecule has 20 nitrogen and oxygen atoms in total. The number of esters is 1. The van der Waals surface area contributed by atoms with Crippen molar-refractivity contribution in [1.29, 1.82) is 0 Å². The zero-order chi connectivity index (χ0) is 36.9. The Morgan fingerprint density at radius 1 is 1.02 bits per heavy atom. The number of benzene rings is 1. The molecule has 7 N–H and O–H groups in total. The van der Waals surface area contributed by atoms with Crippen molar-refractivity contribution >= 4 is 101 Å². The molecule has 4 atom stereocenters. The predicted octanol–water partition coefficient (Wildman–Crippen LogP) is -2.26. The number of fused-ring (bicyclic) bond motifs is 1. The molecule has 51 heavy (non-hydrogen) atoms. The molecule has 0 radical (unpaired) electrons. The van der Waals surface area contributed by atoms with Crippen molar-refractivity contribution in [2.24, 2.45) is 5.73 Å². The van der Waals surface area contributed by atoms with E-state index in [0.29, 0.717) is 4.90 Å². The van der Waals surface area contributed by atoms with Gasteiger partial charge in [-0.2, -0.15) is 0 Å². The number of anilines is 1. The Labute approximate surface area is 315 Å². The number of hydrogen-bond donors (Lipinski definition) is 6. The Morgan fingerprint density at radius 2 is 1.69 bits per heavy atom. The van der Waals surface area contributed by atoms with E-state index in [0.717, 1.165) is 23.6 Å². The van der Waals surface area contributed by atoms with Crippen molar-refractivity contribution in [3.8, 4) is 0 Å². The second-order valence-corrected chi connectivity index (χ2v) is 12.1. The number of nitrogens with zero attached hydrogens (tertiary/aromatic N) is 3. The first-order valence-electron chi connectivity index (χ1n) is 14.9. The molecule has 1 aromatic rings. The van der Waals surface area contributed by atoms with E-state index in [-0.39, 0.29) is 84.1 Å². The number of imide groups is 1. The average Bonchev–Trinajstić information content (AvgIpc) is 3.08. The van der Waals surface area contributed by atoms with Crippen LogP contribution in [0.1, 0.15) is 25.5 Å². The average molecular weight is 744 g/mol.